The van der Waals surface area contributed by atoms with Crippen LogP contribution in [0.4, 0.5) is 0 Å². The number of carbonyl (C=O) groups excluding carboxylic acids is 1. The highest BCUT2D eigenvalue weighted by Crippen LogP contribution is 2.36. The van der Waals surface area contributed by atoms with Crippen LogP contribution in [0.5, 0.6) is 0 Å². The molecule has 2 rings (SSSR count). The van der Waals surface area contributed by atoms with Gasteiger partial charge in [-0.25, -0.2) is 0 Å². The molecule has 0 radical (unpaired) electrons. The molecule has 1 aromatic rings. The molecule has 94 valence electrons. The van der Waals surface area contributed by atoms with Crippen LogP contribution < -0.4 is 0 Å². The number of halogens is 2. The SMILES string of the molecule is N#CC1(Cc2ccc(Cl)c(Cl)c2)CCCCC1=O. The maximum Gasteiger partial charge on any atom is 0.153 e. The highest BCUT2D eigenvalue weighted by molar-refractivity contribution is 6.42. The molecular formula is C14H13Cl2NO. The number of benzene rings is 1. The molecular weight excluding hydrogens is 269 g/mol. The molecule has 1 fully saturated rings. The van der Waals surface area contributed by atoms with Gasteiger partial charge in [0, 0.05) is 6.42 Å². The molecule has 1 aliphatic rings. The molecule has 1 aromatic carbocycles. The van der Waals surface area contributed by atoms with Gasteiger partial charge < -0.3 is 0 Å². The average Bonchev–Trinajstić information content (AvgIpc) is 2.37. The van der Waals surface area contributed by atoms with Gasteiger partial charge in [-0.1, -0.05) is 35.7 Å². The van der Waals surface area contributed by atoms with Crippen molar-refractivity contribution in [3.63, 3.8) is 0 Å². The van der Waals surface area contributed by atoms with Crippen molar-refractivity contribution in [3.05, 3.63) is 33.8 Å². The third-order valence-corrected chi connectivity index (χ3v) is 4.23. The summed E-state index contributed by atoms with van der Waals surface area (Å²) >= 11 is 11.8. The molecule has 1 saturated carbocycles. The molecule has 0 N–H and O–H groups in total. The second-order valence-corrected chi connectivity index (χ2v) is 5.56. The van der Waals surface area contributed by atoms with Crippen molar-refractivity contribution >= 4 is 29.0 Å². The standard InChI is InChI=1S/C14H13Cl2NO/c15-11-5-4-10(7-12(11)16)8-14(9-17)6-2-1-3-13(14)18/h4-5,7H,1-3,6,8H2. The van der Waals surface area contributed by atoms with Crippen LogP contribution in [0.15, 0.2) is 18.2 Å². The first kappa shape index (κ1) is 13.4. The Hall–Kier alpha value is -1.04. The maximum absolute atomic E-state index is 12.0. The van der Waals surface area contributed by atoms with Gasteiger partial charge in [0.15, 0.2) is 5.78 Å². The fourth-order valence-electron chi connectivity index (χ4n) is 2.43. The van der Waals surface area contributed by atoms with Gasteiger partial charge in [-0.2, -0.15) is 5.26 Å². The summed E-state index contributed by atoms with van der Waals surface area (Å²) in [4.78, 5) is 12.0. The second kappa shape index (κ2) is 5.30. The van der Waals surface area contributed by atoms with Crippen LogP contribution in [0.2, 0.25) is 10.0 Å². The first-order valence-corrected chi connectivity index (χ1v) is 6.71. The van der Waals surface area contributed by atoms with Crippen molar-refractivity contribution in [2.75, 3.05) is 0 Å². The Morgan fingerprint density at radius 1 is 1.28 bits per heavy atom. The average molecular weight is 282 g/mol. The lowest BCUT2D eigenvalue weighted by atomic mass is 9.70. The largest absolute Gasteiger partial charge is 0.298 e. The van der Waals surface area contributed by atoms with Gasteiger partial charge in [0.25, 0.3) is 0 Å². The van der Waals surface area contributed by atoms with E-state index < -0.39 is 5.41 Å². The highest BCUT2D eigenvalue weighted by atomic mass is 35.5. The molecule has 0 aromatic heterocycles. The Morgan fingerprint density at radius 2 is 2.06 bits per heavy atom. The van der Waals surface area contributed by atoms with Gasteiger partial charge in [-0.3, -0.25) is 4.79 Å². The minimum absolute atomic E-state index is 0.0577. The van der Waals surface area contributed by atoms with Crippen molar-refractivity contribution in [2.24, 2.45) is 5.41 Å². The van der Waals surface area contributed by atoms with E-state index in [1.165, 1.54) is 0 Å². The quantitative estimate of drug-likeness (QED) is 0.816. The lowest BCUT2D eigenvalue weighted by molar-refractivity contribution is -0.128. The minimum Gasteiger partial charge on any atom is -0.298 e. The Labute approximate surface area is 117 Å². The summed E-state index contributed by atoms with van der Waals surface area (Å²) in [5.74, 6) is 0.0577. The van der Waals surface area contributed by atoms with Crippen molar-refractivity contribution < 1.29 is 4.79 Å². The number of Topliss-reactive ketones (excluding diaryl/α,β-unsaturated/α-hetero) is 1. The normalized spacial score (nSPS) is 23.7. The summed E-state index contributed by atoms with van der Waals surface area (Å²) in [5.41, 5.74) is 0.0243. The van der Waals surface area contributed by atoms with Crippen molar-refractivity contribution in [2.45, 2.75) is 32.1 Å². The van der Waals surface area contributed by atoms with Crippen LogP contribution >= 0.6 is 23.2 Å². The predicted octanol–water partition coefficient (Wildman–Crippen LogP) is 4.19. The van der Waals surface area contributed by atoms with E-state index in [0.29, 0.717) is 29.3 Å². The molecule has 0 spiro atoms. The molecule has 2 nitrogen and oxygen atoms in total. The van der Waals surface area contributed by atoms with E-state index in [-0.39, 0.29) is 5.78 Å². The van der Waals surface area contributed by atoms with Crippen LogP contribution in [-0.4, -0.2) is 5.78 Å². The topological polar surface area (TPSA) is 40.9 Å². The van der Waals surface area contributed by atoms with E-state index in [9.17, 15) is 10.1 Å². The number of nitriles is 1. The molecule has 0 heterocycles. The van der Waals surface area contributed by atoms with E-state index >= 15 is 0 Å². The fourth-order valence-corrected chi connectivity index (χ4v) is 2.75. The Balaban J connectivity index is 2.27. The van der Waals surface area contributed by atoms with Gasteiger partial charge in [-0.05, 0) is 37.0 Å². The molecule has 0 bridgehead atoms. The third-order valence-electron chi connectivity index (χ3n) is 3.50. The van der Waals surface area contributed by atoms with E-state index in [1.807, 2.05) is 6.07 Å². The third kappa shape index (κ3) is 2.53. The number of rotatable bonds is 2. The predicted molar refractivity (Wildman–Crippen MR) is 71.7 cm³/mol. The van der Waals surface area contributed by atoms with E-state index in [4.69, 9.17) is 23.2 Å². The van der Waals surface area contributed by atoms with Crippen LogP contribution in [0.3, 0.4) is 0 Å². The molecule has 1 atom stereocenters. The second-order valence-electron chi connectivity index (χ2n) is 4.75. The van der Waals surface area contributed by atoms with Gasteiger partial charge in [-0.15, -0.1) is 0 Å². The Kier molecular flexibility index (Phi) is 3.94. The monoisotopic (exact) mass is 281 g/mol. The van der Waals surface area contributed by atoms with Gasteiger partial charge in [0.2, 0.25) is 0 Å². The van der Waals surface area contributed by atoms with Crippen molar-refractivity contribution in [3.8, 4) is 6.07 Å². The highest BCUT2D eigenvalue weighted by Gasteiger charge is 2.40. The minimum atomic E-state index is -0.866. The molecule has 0 amide bonds. The summed E-state index contributed by atoms with van der Waals surface area (Å²) in [5, 5.41) is 10.3. The van der Waals surface area contributed by atoms with Gasteiger partial charge >= 0.3 is 0 Å². The van der Waals surface area contributed by atoms with Gasteiger partial charge in [0.05, 0.1) is 16.1 Å². The number of ketones is 1. The summed E-state index contributed by atoms with van der Waals surface area (Å²) < 4.78 is 0. The fraction of sp³-hybridized carbons (Fsp3) is 0.429. The van der Waals surface area contributed by atoms with E-state index in [1.54, 1.807) is 12.1 Å². The molecule has 0 aliphatic heterocycles. The Bertz CT molecular complexity index is 521. The zero-order valence-electron chi connectivity index (χ0n) is 9.88. The summed E-state index contributed by atoms with van der Waals surface area (Å²) in [7, 11) is 0. The van der Waals surface area contributed by atoms with Crippen LogP contribution in [-0.2, 0) is 11.2 Å². The zero-order chi connectivity index (χ0) is 13.2. The van der Waals surface area contributed by atoms with Gasteiger partial charge in [0.1, 0.15) is 5.41 Å². The van der Waals surface area contributed by atoms with Crippen LogP contribution in [0.25, 0.3) is 0 Å². The van der Waals surface area contributed by atoms with E-state index in [0.717, 1.165) is 18.4 Å². The maximum atomic E-state index is 12.0. The number of carbonyl (C=O) groups is 1. The summed E-state index contributed by atoms with van der Waals surface area (Å²) in [6.07, 6.45) is 3.40. The lowest BCUT2D eigenvalue weighted by Crippen LogP contribution is -2.34. The number of hydrogen-bond donors (Lipinski definition) is 0. The molecule has 18 heavy (non-hydrogen) atoms. The molecule has 1 aliphatic carbocycles. The van der Waals surface area contributed by atoms with Crippen LogP contribution in [0.1, 0.15) is 31.2 Å². The zero-order valence-corrected chi connectivity index (χ0v) is 11.4. The first-order chi connectivity index (χ1) is 8.57. The number of hydrogen-bond acceptors (Lipinski definition) is 2. The lowest BCUT2D eigenvalue weighted by Gasteiger charge is -2.29. The Morgan fingerprint density at radius 3 is 2.67 bits per heavy atom. The first-order valence-electron chi connectivity index (χ1n) is 5.96. The van der Waals surface area contributed by atoms with Crippen molar-refractivity contribution in [1.82, 2.24) is 0 Å². The van der Waals surface area contributed by atoms with E-state index in [2.05, 4.69) is 6.07 Å². The summed E-state index contributed by atoms with van der Waals surface area (Å²) in [6.45, 7) is 0. The molecule has 4 heteroatoms. The molecule has 0 saturated heterocycles. The van der Waals surface area contributed by atoms with Crippen LogP contribution in [0, 0.1) is 16.7 Å². The molecule has 1 unspecified atom stereocenters. The number of nitrogens with zero attached hydrogens (tertiary/aromatic N) is 1. The van der Waals surface area contributed by atoms with Crippen molar-refractivity contribution in [1.29, 1.82) is 5.26 Å². The smallest absolute Gasteiger partial charge is 0.153 e. The summed E-state index contributed by atoms with van der Waals surface area (Å²) in [6, 6.07) is 7.50.